The molecule has 122 valence electrons. The number of esters is 1. The van der Waals surface area contributed by atoms with E-state index in [-0.39, 0.29) is 5.97 Å². The molecule has 23 heavy (non-hydrogen) atoms. The van der Waals surface area contributed by atoms with Gasteiger partial charge in [-0.1, -0.05) is 32.0 Å². The molecule has 2 rings (SSSR count). The fourth-order valence-corrected chi connectivity index (χ4v) is 2.95. The van der Waals surface area contributed by atoms with Crippen molar-refractivity contribution in [1.29, 1.82) is 0 Å². The van der Waals surface area contributed by atoms with Gasteiger partial charge in [0.1, 0.15) is 5.76 Å². The van der Waals surface area contributed by atoms with Crippen LogP contribution in [0.4, 0.5) is 0 Å². The zero-order valence-electron chi connectivity index (χ0n) is 15.2. The molecule has 0 saturated heterocycles. The average Bonchev–Trinajstić information content (AvgIpc) is 2.64. The molecular weight excluding hydrogens is 284 g/mol. The summed E-state index contributed by atoms with van der Waals surface area (Å²) in [5.74, 6) is 0.865. The van der Waals surface area contributed by atoms with Gasteiger partial charge in [-0.25, -0.2) is 0 Å². The van der Waals surface area contributed by atoms with Gasteiger partial charge in [0.15, 0.2) is 0 Å². The molecule has 0 bridgehead atoms. The van der Waals surface area contributed by atoms with Crippen molar-refractivity contribution >= 4 is 11.7 Å². The molecule has 0 unspecified atom stereocenters. The van der Waals surface area contributed by atoms with Gasteiger partial charge < -0.3 is 4.74 Å². The highest BCUT2D eigenvalue weighted by atomic mass is 16.5. The van der Waals surface area contributed by atoms with Gasteiger partial charge in [-0.2, -0.15) is 0 Å². The van der Waals surface area contributed by atoms with Gasteiger partial charge in [0.2, 0.25) is 0 Å². The number of hydrogen-bond acceptors (Lipinski definition) is 2. The van der Waals surface area contributed by atoms with Crippen LogP contribution in [0.1, 0.15) is 62.8 Å². The average molecular weight is 310 g/mol. The third kappa shape index (κ3) is 3.47. The monoisotopic (exact) mass is 310 g/mol. The van der Waals surface area contributed by atoms with Crippen LogP contribution in [-0.2, 0) is 9.53 Å². The van der Waals surface area contributed by atoms with Crippen molar-refractivity contribution in [2.75, 3.05) is 0 Å². The van der Waals surface area contributed by atoms with Gasteiger partial charge >= 0.3 is 5.97 Å². The number of allylic oxidation sites excluding steroid dienone is 1. The minimum absolute atomic E-state index is 0.283. The maximum Gasteiger partial charge on any atom is 0.308 e. The Hall–Kier alpha value is -2.09. The van der Waals surface area contributed by atoms with E-state index in [4.69, 9.17) is 4.74 Å². The summed E-state index contributed by atoms with van der Waals surface area (Å²) in [6.07, 6.45) is 0. The first kappa shape index (κ1) is 17.3. The lowest BCUT2D eigenvalue weighted by atomic mass is 9.99. The first-order valence-corrected chi connectivity index (χ1v) is 8.12. The molecule has 0 radical (unpaired) electrons. The van der Waals surface area contributed by atoms with Crippen LogP contribution in [0.3, 0.4) is 0 Å². The second-order valence-electron chi connectivity index (χ2n) is 6.77. The van der Waals surface area contributed by atoms with Crippen LogP contribution in [0.15, 0.2) is 29.8 Å². The Morgan fingerprint density at radius 3 is 2.17 bits per heavy atom. The smallest absolute Gasteiger partial charge is 0.308 e. The Balaban J connectivity index is 2.76. The molecule has 0 atom stereocenters. The number of rotatable bonds is 3. The normalized spacial score (nSPS) is 11.0. The third-order valence-electron chi connectivity index (χ3n) is 4.17. The van der Waals surface area contributed by atoms with Gasteiger partial charge in [-0.15, -0.1) is 0 Å². The Bertz CT molecular complexity index is 747. The minimum Gasteiger partial charge on any atom is -0.426 e. The summed E-state index contributed by atoms with van der Waals surface area (Å²) in [5.41, 5.74) is 8.14. The minimum atomic E-state index is -0.283. The molecule has 0 aromatic heterocycles. The van der Waals surface area contributed by atoms with E-state index < -0.39 is 0 Å². The number of carbonyl (C=O) groups is 1. The van der Waals surface area contributed by atoms with Crippen molar-refractivity contribution in [3.05, 3.63) is 52.1 Å². The highest BCUT2D eigenvalue weighted by Crippen LogP contribution is 2.40. The van der Waals surface area contributed by atoms with E-state index in [9.17, 15) is 4.79 Å². The lowest BCUT2D eigenvalue weighted by molar-refractivity contribution is -0.134. The van der Waals surface area contributed by atoms with Crippen molar-refractivity contribution in [2.24, 2.45) is 0 Å². The summed E-state index contributed by atoms with van der Waals surface area (Å²) in [6, 6.07) is 8.75. The van der Waals surface area contributed by atoms with Crippen LogP contribution in [0.25, 0.3) is 16.9 Å². The van der Waals surface area contributed by atoms with E-state index in [1.54, 1.807) is 0 Å². The van der Waals surface area contributed by atoms with Crippen molar-refractivity contribution in [3.8, 4) is 11.1 Å². The fraction of sp³-hybridized carbons (Fsp3) is 0.381. The maximum atomic E-state index is 11.5. The molecule has 0 N–H and O–H groups in total. The summed E-state index contributed by atoms with van der Waals surface area (Å²) in [5, 5.41) is 0. The Labute approximate surface area is 139 Å². The quantitative estimate of drug-likeness (QED) is 0.525. The van der Waals surface area contributed by atoms with Gasteiger partial charge in [0, 0.05) is 12.5 Å². The molecule has 2 heteroatoms. The molecule has 2 nitrogen and oxygen atoms in total. The third-order valence-corrected chi connectivity index (χ3v) is 4.17. The summed E-state index contributed by atoms with van der Waals surface area (Å²) in [7, 11) is 0. The van der Waals surface area contributed by atoms with Crippen molar-refractivity contribution in [3.63, 3.8) is 0 Å². The molecule has 0 aliphatic heterocycles. The SMILES string of the molecule is CC(=O)OC(=C(C)C)c1cc(C)c2cc(C(C)C)ccc(C)c1-2. The lowest BCUT2D eigenvalue weighted by Crippen LogP contribution is -2.00. The predicted molar refractivity (Wildman–Crippen MR) is 96.7 cm³/mol. The van der Waals surface area contributed by atoms with Crippen LogP contribution in [0.5, 0.6) is 0 Å². The topological polar surface area (TPSA) is 26.3 Å². The van der Waals surface area contributed by atoms with E-state index in [2.05, 4.69) is 52.0 Å². The lowest BCUT2D eigenvalue weighted by Gasteiger charge is -2.11. The summed E-state index contributed by atoms with van der Waals surface area (Å²) in [6.45, 7) is 14.0. The first-order valence-electron chi connectivity index (χ1n) is 8.12. The molecule has 0 amide bonds. The molecule has 0 spiro atoms. The van der Waals surface area contributed by atoms with E-state index >= 15 is 0 Å². The molecule has 0 saturated carbocycles. The summed E-state index contributed by atoms with van der Waals surface area (Å²) in [4.78, 5) is 11.5. The van der Waals surface area contributed by atoms with E-state index in [1.165, 1.54) is 34.7 Å². The molecule has 0 aromatic rings. The van der Waals surface area contributed by atoms with E-state index in [0.717, 1.165) is 11.1 Å². The molecule has 2 aliphatic rings. The zero-order valence-corrected chi connectivity index (χ0v) is 15.2. The van der Waals surface area contributed by atoms with Gasteiger partial charge in [0.05, 0.1) is 0 Å². The fourth-order valence-electron chi connectivity index (χ4n) is 2.95. The molecule has 0 heterocycles. The number of aryl methyl sites for hydroxylation is 2. The predicted octanol–water partition coefficient (Wildman–Crippen LogP) is 5.85. The summed E-state index contributed by atoms with van der Waals surface area (Å²) < 4.78 is 5.52. The number of fused-ring (bicyclic) bond motifs is 1. The van der Waals surface area contributed by atoms with Crippen LogP contribution in [0, 0.1) is 13.8 Å². The highest BCUT2D eigenvalue weighted by molar-refractivity contribution is 5.89. The van der Waals surface area contributed by atoms with Crippen LogP contribution in [-0.4, -0.2) is 5.97 Å². The second kappa shape index (κ2) is 6.57. The van der Waals surface area contributed by atoms with Crippen LogP contribution in [0.2, 0.25) is 0 Å². The van der Waals surface area contributed by atoms with Crippen molar-refractivity contribution in [2.45, 2.75) is 54.4 Å². The molecule has 0 aromatic carbocycles. The van der Waals surface area contributed by atoms with Gasteiger partial charge in [0.25, 0.3) is 0 Å². The van der Waals surface area contributed by atoms with Gasteiger partial charge in [-0.05, 0) is 73.1 Å². The van der Waals surface area contributed by atoms with Crippen LogP contribution >= 0.6 is 0 Å². The largest absolute Gasteiger partial charge is 0.426 e. The zero-order chi connectivity index (χ0) is 17.3. The number of carbonyl (C=O) groups excluding carboxylic acids is 1. The van der Waals surface area contributed by atoms with Crippen molar-refractivity contribution < 1.29 is 9.53 Å². The second-order valence-corrected chi connectivity index (χ2v) is 6.77. The van der Waals surface area contributed by atoms with E-state index in [0.29, 0.717) is 11.7 Å². The van der Waals surface area contributed by atoms with Crippen LogP contribution < -0.4 is 0 Å². The molecule has 0 fully saturated rings. The molecule has 2 aliphatic carbocycles. The van der Waals surface area contributed by atoms with Crippen molar-refractivity contribution in [1.82, 2.24) is 0 Å². The molecular formula is C21H26O2. The number of hydrogen-bond donors (Lipinski definition) is 0. The number of ether oxygens (including phenoxy) is 1. The highest BCUT2D eigenvalue weighted by Gasteiger charge is 2.21. The maximum absolute atomic E-state index is 11.5. The Morgan fingerprint density at radius 1 is 1.00 bits per heavy atom. The van der Waals surface area contributed by atoms with Gasteiger partial charge in [-0.3, -0.25) is 4.79 Å². The first-order chi connectivity index (χ1) is 10.7. The van der Waals surface area contributed by atoms with E-state index in [1.807, 2.05) is 13.8 Å². The Morgan fingerprint density at radius 2 is 1.65 bits per heavy atom. The standard InChI is InChI=1S/C21H26O2/c1-12(2)17-9-8-14(5)20-18(11-17)15(6)10-19(20)21(13(3)4)23-16(7)22/h8-12H,1-7H3. The Kier molecular flexibility index (Phi) is 4.93. The summed E-state index contributed by atoms with van der Waals surface area (Å²) >= 11 is 0.